The molecule has 2 saturated heterocycles. The first-order valence-electron chi connectivity index (χ1n) is 8.52. The van der Waals surface area contributed by atoms with E-state index in [4.69, 9.17) is 0 Å². The summed E-state index contributed by atoms with van der Waals surface area (Å²) in [5.74, 6) is 0. The Labute approximate surface area is 129 Å². The van der Waals surface area contributed by atoms with Gasteiger partial charge >= 0.3 is 0 Å². The third-order valence-electron chi connectivity index (χ3n) is 4.98. The number of hydrogen-bond donors (Lipinski definition) is 1. The van der Waals surface area contributed by atoms with Crippen molar-refractivity contribution >= 4 is 0 Å². The number of hydrogen-bond acceptors (Lipinski definition) is 3. The van der Waals surface area contributed by atoms with Gasteiger partial charge in [-0.2, -0.15) is 0 Å². The SMILES string of the molecule is CN1CCN(CCc2ccc(CC3CCCN3)cc2)CC1. The number of likely N-dealkylation sites (N-methyl/N-ethyl adjacent to an activating group) is 1. The number of nitrogens with zero attached hydrogens (tertiary/aromatic N) is 2. The van der Waals surface area contributed by atoms with E-state index in [2.05, 4.69) is 46.4 Å². The minimum absolute atomic E-state index is 0.709. The number of rotatable bonds is 5. The highest BCUT2D eigenvalue weighted by Crippen LogP contribution is 2.13. The highest BCUT2D eigenvalue weighted by molar-refractivity contribution is 5.23. The number of benzene rings is 1. The van der Waals surface area contributed by atoms with E-state index in [0.717, 1.165) is 0 Å². The van der Waals surface area contributed by atoms with Crippen molar-refractivity contribution in [2.45, 2.75) is 31.7 Å². The fourth-order valence-corrected chi connectivity index (χ4v) is 3.42. The Bertz CT molecular complexity index is 415. The summed E-state index contributed by atoms with van der Waals surface area (Å²) in [6, 6.07) is 10.0. The van der Waals surface area contributed by atoms with E-state index < -0.39 is 0 Å². The average Bonchev–Trinajstić information content (AvgIpc) is 3.01. The van der Waals surface area contributed by atoms with Crippen LogP contribution < -0.4 is 5.32 Å². The minimum Gasteiger partial charge on any atom is -0.314 e. The second-order valence-electron chi connectivity index (χ2n) is 6.71. The molecule has 0 amide bonds. The summed E-state index contributed by atoms with van der Waals surface area (Å²) in [7, 11) is 2.22. The van der Waals surface area contributed by atoms with Crippen molar-refractivity contribution in [1.82, 2.24) is 15.1 Å². The molecular weight excluding hydrogens is 258 g/mol. The van der Waals surface area contributed by atoms with Crippen LogP contribution in [-0.2, 0) is 12.8 Å². The standard InChI is InChI=1S/C18H29N3/c1-20-11-13-21(14-12-20)10-8-16-4-6-17(7-5-16)15-18-3-2-9-19-18/h4-7,18-19H,2-3,8-15H2,1H3. The van der Waals surface area contributed by atoms with E-state index in [0.29, 0.717) is 6.04 Å². The monoisotopic (exact) mass is 287 g/mol. The van der Waals surface area contributed by atoms with E-state index in [1.165, 1.54) is 76.1 Å². The van der Waals surface area contributed by atoms with Gasteiger partial charge in [0.1, 0.15) is 0 Å². The summed E-state index contributed by atoms with van der Waals surface area (Å²) < 4.78 is 0. The molecule has 0 aromatic heterocycles. The molecule has 0 saturated carbocycles. The Hall–Kier alpha value is -0.900. The maximum atomic E-state index is 3.58. The van der Waals surface area contributed by atoms with Gasteiger partial charge in [0.15, 0.2) is 0 Å². The zero-order chi connectivity index (χ0) is 14.5. The van der Waals surface area contributed by atoms with E-state index in [1.807, 2.05) is 0 Å². The van der Waals surface area contributed by atoms with Crippen LogP contribution in [0.15, 0.2) is 24.3 Å². The third kappa shape index (κ3) is 4.53. The van der Waals surface area contributed by atoms with E-state index >= 15 is 0 Å². The Morgan fingerprint density at radius 2 is 1.76 bits per heavy atom. The summed E-state index contributed by atoms with van der Waals surface area (Å²) in [6.45, 7) is 7.29. The van der Waals surface area contributed by atoms with Gasteiger partial charge in [-0.05, 0) is 50.4 Å². The normalized spacial score (nSPS) is 24.5. The largest absolute Gasteiger partial charge is 0.314 e. The molecule has 1 aromatic carbocycles. The van der Waals surface area contributed by atoms with E-state index in [1.54, 1.807) is 0 Å². The van der Waals surface area contributed by atoms with Crippen molar-refractivity contribution in [3.05, 3.63) is 35.4 Å². The van der Waals surface area contributed by atoms with Gasteiger partial charge in [0.2, 0.25) is 0 Å². The summed E-state index contributed by atoms with van der Waals surface area (Å²) in [6.07, 6.45) is 5.06. The fourth-order valence-electron chi connectivity index (χ4n) is 3.42. The summed E-state index contributed by atoms with van der Waals surface area (Å²) in [5, 5.41) is 3.58. The van der Waals surface area contributed by atoms with Crippen LogP contribution in [0.5, 0.6) is 0 Å². The lowest BCUT2D eigenvalue weighted by atomic mass is 10.0. The van der Waals surface area contributed by atoms with Crippen LogP contribution in [-0.4, -0.2) is 62.2 Å². The molecule has 3 rings (SSSR count). The van der Waals surface area contributed by atoms with Crippen molar-refractivity contribution in [3.63, 3.8) is 0 Å². The maximum Gasteiger partial charge on any atom is 0.0110 e. The lowest BCUT2D eigenvalue weighted by molar-refractivity contribution is 0.155. The third-order valence-corrected chi connectivity index (χ3v) is 4.98. The Balaban J connectivity index is 1.43. The molecule has 2 aliphatic rings. The van der Waals surface area contributed by atoms with Crippen LogP contribution in [0.1, 0.15) is 24.0 Å². The maximum absolute atomic E-state index is 3.58. The van der Waals surface area contributed by atoms with Crippen LogP contribution in [0.2, 0.25) is 0 Å². The van der Waals surface area contributed by atoms with E-state index in [-0.39, 0.29) is 0 Å². The van der Waals surface area contributed by atoms with Gasteiger partial charge in [0, 0.05) is 38.8 Å². The van der Waals surface area contributed by atoms with Gasteiger partial charge in [0.05, 0.1) is 0 Å². The minimum atomic E-state index is 0.709. The number of nitrogens with one attached hydrogen (secondary N) is 1. The van der Waals surface area contributed by atoms with Gasteiger partial charge < -0.3 is 15.1 Å². The first-order valence-corrected chi connectivity index (χ1v) is 8.52. The average molecular weight is 287 g/mol. The molecule has 21 heavy (non-hydrogen) atoms. The molecule has 1 atom stereocenters. The topological polar surface area (TPSA) is 18.5 Å². The summed E-state index contributed by atoms with van der Waals surface area (Å²) in [5.41, 5.74) is 2.97. The Kier molecular flexibility index (Phi) is 5.28. The van der Waals surface area contributed by atoms with Crippen LogP contribution in [0.25, 0.3) is 0 Å². The van der Waals surface area contributed by atoms with Gasteiger partial charge in [-0.3, -0.25) is 0 Å². The molecule has 1 N–H and O–H groups in total. The van der Waals surface area contributed by atoms with Crippen LogP contribution in [0, 0.1) is 0 Å². The molecule has 0 aliphatic carbocycles. The quantitative estimate of drug-likeness (QED) is 0.890. The predicted octanol–water partition coefficient (Wildman–Crippen LogP) is 1.77. The molecule has 2 fully saturated rings. The Morgan fingerprint density at radius 1 is 1.05 bits per heavy atom. The summed E-state index contributed by atoms with van der Waals surface area (Å²) in [4.78, 5) is 5.01. The Morgan fingerprint density at radius 3 is 2.43 bits per heavy atom. The van der Waals surface area contributed by atoms with Crippen LogP contribution >= 0.6 is 0 Å². The van der Waals surface area contributed by atoms with Gasteiger partial charge in [0.25, 0.3) is 0 Å². The predicted molar refractivity (Wildman–Crippen MR) is 88.8 cm³/mol. The van der Waals surface area contributed by atoms with E-state index in [9.17, 15) is 0 Å². The van der Waals surface area contributed by atoms with Crippen molar-refractivity contribution in [1.29, 1.82) is 0 Å². The van der Waals surface area contributed by atoms with Crippen molar-refractivity contribution in [2.75, 3.05) is 46.3 Å². The van der Waals surface area contributed by atoms with Crippen molar-refractivity contribution in [3.8, 4) is 0 Å². The molecule has 0 radical (unpaired) electrons. The first-order chi connectivity index (χ1) is 10.3. The second-order valence-corrected chi connectivity index (χ2v) is 6.71. The van der Waals surface area contributed by atoms with Crippen LogP contribution in [0.3, 0.4) is 0 Å². The molecule has 3 heteroatoms. The molecule has 1 aromatic rings. The highest BCUT2D eigenvalue weighted by Gasteiger charge is 2.15. The van der Waals surface area contributed by atoms with Gasteiger partial charge in [-0.1, -0.05) is 24.3 Å². The fraction of sp³-hybridized carbons (Fsp3) is 0.667. The van der Waals surface area contributed by atoms with Crippen molar-refractivity contribution < 1.29 is 0 Å². The molecule has 116 valence electrons. The number of piperazine rings is 1. The highest BCUT2D eigenvalue weighted by atomic mass is 15.2. The molecular formula is C18H29N3. The summed E-state index contributed by atoms with van der Waals surface area (Å²) >= 11 is 0. The molecule has 0 spiro atoms. The molecule has 3 nitrogen and oxygen atoms in total. The zero-order valence-corrected chi connectivity index (χ0v) is 13.4. The molecule has 1 unspecified atom stereocenters. The van der Waals surface area contributed by atoms with Gasteiger partial charge in [-0.15, -0.1) is 0 Å². The lowest BCUT2D eigenvalue weighted by Gasteiger charge is -2.32. The lowest BCUT2D eigenvalue weighted by Crippen LogP contribution is -2.45. The van der Waals surface area contributed by atoms with Crippen LogP contribution in [0.4, 0.5) is 0 Å². The van der Waals surface area contributed by atoms with Gasteiger partial charge in [-0.25, -0.2) is 0 Å². The molecule has 2 heterocycles. The second kappa shape index (κ2) is 7.39. The molecule has 2 aliphatic heterocycles. The smallest absolute Gasteiger partial charge is 0.0110 e. The molecule has 0 bridgehead atoms. The van der Waals surface area contributed by atoms with Crippen molar-refractivity contribution in [2.24, 2.45) is 0 Å². The first kappa shape index (κ1) is 15.0. The zero-order valence-electron chi connectivity index (χ0n) is 13.4.